The Morgan fingerprint density at radius 1 is 1.07 bits per heavy atom. The van der Waals surface area contributed by atoms with Crippen molar-refractivity contribution in [2.75, 3.05) is 25.1 Å². The van der Waals surface area contributed by atoms with Crippen LogP contribution in [0.5, 0.6) is 0 Å². The topological polar surface area (TPSA) is 95.6 Å². The van der Waals surface area contributed by atoms with Crippen LogP contribution in [0, 0.1) is 0 Å². The van der Waals surface area contributed by atoms with Gasteiger partial charge >= 0.3 is 0 Å². The lowest BCUT2D eigenvalue weighted by Crippen LogP contribution is -2.14. The van der Waals surface area contributed by atoms with E-state index < -0.39 is 0 Å². The van der Waals surface area contributed by atoms with Gasteiger partial charge in [0.15, 0.2) is 0 Å². The highest BCUT2D eigenvalue weighted by molar-refractivity contribution is 5.76. The van der Waals surface area contributed by atoms with E-state index in [9.17, 15) is 0 Å². The predicted octanol–water partition coefficient (Wildman–Crippen LogP) is 2.23. The summed E-state index contributed by atoms with van der Waals surface area (Å²) in [5.41, 5.74) is 1.81. The molecule has 9 nitrogen and oxygen atoms in total. The molecule has 1 aromatic carbocycles. The molecule has 1 N–H and O–H groups in total. The van der Waals surface area contributed by atoms with Gasteiger partial charge in [-0.1, -0.05) is 12.1 Å². The van der Waals surface area contributed by atoms with Crippen molar-refractivity contribution < 1.29 is 4.74 Å². The highest BCUT2D eigenvalue weighted by atomic mass is 16.5. The van der Waals surface area contributed by atoms with Crippen LogP contribution in [0.2, 0.25) is 0 Å². The minimum Gasteiger partial charge on any atom is -0.382 e. The summed E-state index contributed by atoms with van der Waals surface area (Å²) in [4.78, 5) is 18.0. The van der Waals surface area contributed by atoms with Gasteiger partial charge in [-0.25, -0.2) is 9.67 Å². The second kappa shape index (κ2) is 7.92. The van der Waals surface area contributed by atoms with Crippen LogP contribution in [0.3, 0.4) is 0 Å². The average Bonchev–Trinajstić information content (AvgIpc) is 3.38. The number of anilines is 1. The van der Waals surface area contributed by atoms with Crippen LogP contribution in [-0.4, -0.2) is 54.0 Å². The molecule has 3 heterocycles. The quantitative estimate of drug-likeness (QED) is 0.479. The van der Waals surface area contributed by atoms with E-state index in [0.29, 0.717) is 37.6 Å². The Kier molecular flexibility index (Phi) is 5.01. The maximum absolute atomic E-state index is 5.37. The van der Waals surface area contributed by atoms with Gasteiger partial charge in [-0.15, -0.1) is 0 Å². The number of benzene rings is 1. The number of rotatable bonds is 8. The fraction of sp³-hybridized carbons (Fsp3) is 0.278. The summed E-state index contributed by atoms with van der Waals surface area (Å²) >= 11 is 0. The van der Waals surface area contributed by atoms with E-state index in [1.54, 1.807) is 23.4 Å². The molecule has 0 fully saturated rings. The summed E-state index contributed by atoms with van der Waals surface area (Å²) in [5, 5.41) is 7.46. The van der Waals surface area contributed by atoms with Crippen LogP contribution in [0.4, 0.5) is 5.95 Å². The third-order valence-corrected chi connectivity index (χ3v) is 3.94. The van der Waals surface area contributed by atoms with Crippen LogP contribution >= 0.6 is 0 Å². The minimum absolute atomic E-state index is 0.440. The molecule has 4 aromatic rings. The first kappa shape index (κ1) is 17.1. The van der Waals surface area contributed by atoms with Crippen molar-refractivity contribution in [2.24, 2.45) is 0 Å². The van der Waals surface area contributed by atoms with Gasteiger partial charge in [0.05, 0.1) is 11.0 Å². The first-order chi connectivity index (χ1) is 13.3. The zero-order chi connectivity index (χ0) is 18.5. The SMILES string of the molecule is CCOCCCNc1nc(-n2cccn2)nc(-n2cnc3ccccc32)n1. The minimum atomic E-state index is 0.440. The molecule has 0 amide bonds. The Morgan fingerprint density at radius 3 is 2.81 bits per heavy atom. The number of aromatic nitrogens is 7. The Bertz CT molecular complexity index is 1010. The van der Waals surface area contributed by atoms with Crippen LogP contribution < -0.4 is 5.32 Å². The van der Waals surface area contributed by atoms with E-state index in [0.717, 1.165) is 17.5 Å². The van der Waals surface area contributed by atoms with Gasteiger partial charge in [0.25, 0.3) is 5.95 Å². The second-order valence-corrected chi connectivity index (χ2v) is 5.79. The van der Waals surface area contributed by atoms with Crippen molar-refractivity contribution in [2.45, 2.75) is 13.3 Å². The molecule has 0 radical (unpaired) electrons. The predicted molar refractivity (Wildman–Crippen MR) is 101 cm³/mol. The molecule has 0 aliphatic rings. The Morgan fingerprint density at radius 2 is 1.96 bits per heavy atom. The molecular weight excluding hydrogens is 344 g/mol. The summed E-state index contributed by atoms with van der Waals surface area (Å²) in [5.74, 6) is 1.41. The molecule has 0 saturated carbocycles. The number of nitrogens with zero attached hydrogens (tertiary/aromatic N) is 7. The van der Waals surface area contributed by atoms with Crippen molar-refractivity contribution in [3.8, 4) is 11.9 Å². The van der Waals surface area contributed by atoms with Crippen molar-refractivity contribution >= 4 is 17.0 Å². The van der Waals surface area contributed by atoms with E-state index in [-0.39, 0.29) is 0 Å². The van der Waals surface area contributed by atoms with E-state index in [4.69, 9.17) is 4.74 Å². The zero-order valence-corrected chi connectivity index (χ0v) is 15.0. The summed E-state index contributed by atoms with van der Waals surface area (Å²) in [6.45, 7) is 4.09. The molecule has 0 atom stereocenters. The van der Waals surface area contributed by atoms with Crippen molar-refractivity contribution in [1.29, 1.82) is 0 Å². The molecule has 0 aliphatic heterocycles. The fourth-order valence-electron chi connectivity index (χ4n) is 2.67. The number of para-hydroxylation sites is 2. The number of fused-ring (bicyclic) bond motifs is 1. The normalized spacial score (nSPS) is 11.1. The van der Waals surface area contributed by atoms with Gasteiger partial charge in [-0.05, 0) is 31.5 Å². The molecule has 0 aliphatic carbocycles. The Balaban J connectivity index is 1.68. The lowest BCUT2D eigenvalue weighted by atomic mass is 10.3. The number of hydrogen-bond acceptors (Lipinski definition) is 7. The molecule has 0 unspecified atom stereocenters. The Labute approximate surface area is 156 Å². The third-order valence-electron chi connectivity index (χ3n) is 3.94. The average molecular weight is 364 g/mol. The maximum atomic E-state index is 5.37. The van der Waals surface area contributed by atoms with E-state index >= 15 is 0 Å². The molecule has 0 bridgehead atoms. The van der Waals surface area contributed by atoms with Gasteiger partial charge in [0, 0.05) is 32.2 Å². The van der Waals surface area contributed by atoms with Crippen molar-refractivity contribution in [3.05, 3.63) is 49.1 Å². The molecule has 0 spiro atoms. The fourth-order valence-corrected chi connectivity index (χ4v) is 2.67. The van der Waals surface area contributed by atoms with Crippen molar-refractivity contribution in [3.63, 3.8) is 0 Å². The molecule has 9 heteroatoms. The van der Waals surface area contributed by atoms with Crippen molar-refractivity contribution in [1.82, 2.24) is 34.3 Å². The zero-order valence-electron chi connectivity index (χ0n) is 15.0. The third kappa shape index (κ3) is 3.77. The van der Waals surface area contributed by atoms with Gasteiger partial charge < -0.3 is 10.1 Å². The van der Waals surface area contributed by atoms with Gasteiger partial charge in [-0.3, -0.25) is 4.57 Å². The summed E-state index contributed by atoms with van der Waals surface area (Å²) in [6.07, 6.45) is 6.06. The highest BCUT2D eigenvalue weighted by Gasteiger charge is 2.12. The molecule has 4 rings (SSSR count). The number of hydrogen-bond donors (Lipinski definition) is 1. The second-order valence-electron chi connectivity index (χ2n) is 5.79. The molecule has 0 saturated heterocycles. The summed E-state index contributed by atoms with van der Waals surface area (Å²) in [6, 6.07) is 9.67. The van der Waals surface area contributed by atoms with Crippen LogP contribution in [0.15, 0.2) is 49.1 Å². The number of ether oxygens (including phenoxy) is 1. The molecule has 138 valence electrons. The monoisotopic (exact) mass is 364 g/mol. The Hall–Kier alpha value is -3.33. The first-order valence-corrected chi connectivity index (χ1v) is 8.85. The lowest BCUT2D eigenvalue weighted by molar-refractivity contribution is 0.147. The van der Waals surface area contributed by atoms with Crippen LogP contribution in [-0.2, 0) is 4.74 Å². The first-order valence-electron chi connectivity index (χ1n) is 8.85. The summed E-state index contributed by atoms with van der Waals surface area (Å²) < 4.78 is 8.81. The largest absolute Gasteiger partial charge is 0.382 e. The molecule has 27 heavy (non-hydrogen) atoms. The van der Waals surface area contributed by atoms with Gasteiger partial charge in [-0.2, -0.15) is 20.1 Å². The molecular formula is C18H20N8O. The van der Waals surface area contributed by atoms with Gasteiger partial charge in [0.2, 0.25) is 11.9 Å². The van der Waals surface area contributed by atoms with Gasteiger partial charge in [0.1, 0.15) is 6.33 Å². The smallest absolute Gasteiger partial charge is 0.257 e. The van der Waals surface area contributed by atoms with Crippen LogP contribution in [0.1, 0.15) is 13.3 Å². The number of nitrogens with one attached hydrogen (secondary N) is 1. The highest BCUT2D eigenvalue weighted by Crippen LogP contribution is 2.17. The van der Waals surface area contributed by atoms with E-state index in [1.807, 2.05) is 41.8 Å². The molecule has 3 aromatic heterocycles. The lowest BCUT2D eigenvalue weighted by Gasteiger charge is -2.10. The number of imidazole rings is 1. The van der Waals surface area contributed by atoms with E-state index in [2.05, 4.69) is 30.4 Å². The van der Waals surface area contributed by atoms with E-state index in [1.165, 1.54) is 0 Å². The maximum Gasteiger partial charge on any atom is 0.257 e. The van der Waals surface area contributed by atoms with Crippen LogP contribution in [0.25, 0.3) is 22.9 Å². The standard InChI is InChI=1S/C18H20N8O/c1-2-27-12-6-9-19-16-22-17(24-18(23-16)26-11-5-10-21-26)25-13-20-14-7-3-4-8-15(14)25/h3-5,7-8,10-11,13H,2,6,9,12H2,1H3,(H,19,22,23,24). The summed E-state index contributed by atoms with van der Waals surface area (Å²) in [7, 11) is 0.